The van der Waals surface area contributed by atoms with E-state index in [2.05, 4.69) is 30.1 Å². The average Bonchev–Trinajstić information content (AvgIpc) is 2.87. The smallest absolute Gasteiger partial charge is 0.359 e. The number of carbonyl (C=O) groups excluding carboxylic acids is 1. The molecule has 0 aliphatic carbocycles. The molecule has 2 rings (SSSR count). The zero-order valence-corrected chi connectivity index (χ0v) is 15.4. The van der Waals surface area contributed by atoms with Gasteiger partial charge in [-0.05, 0) is 12.1 Å². The molecular formula is C15H25N3O4Si. The number of nitrogens with one attached hydrogen (secondary N) is 1. The quantitative estimate of drug-likeness (QED) is 0.467. The van der Waals surface area contributed by atoms with Crippen molar-refractivity contribution in [1.29, 1.82) is 0 Å². The molecule has 128 valence electrons. The molecule has 1 aromatic heterocycles. The van der Waals surface area contributed by atoms with Crippen molar-refractivity contribution in [2.24, 2.45) is 0 Å². The van der Waals surface area contributed by atoms with E-state index in [1.165, 1.54) is 7.11 Å². The molecule has 23 heavy (non-hydrogen) atoms. The average molecular weight is 339 g/mol. The van der Waals surface area contributed by atoms with E-state index >= 15 is 0 Å². The Morgan fingerprint density at radius 3 is 2.74 bits per heavy atom. The molecule has 0 unspecified atom stereocenters. The largest absolute Gasteiger partial charge is 0.499 e. The van der Waals surface area contributed by atoms with E-state index in [0.29, 0.717) is 25.4 Å². The van der Waals surface area contributed by atoms with Crippen LogP contribution in [0.5, 0.6) is 0 Å². The lowest BCUT2D eigenvalue weighted by Crippen LogP contribution is -2.22. The van der Waals surface area contributed by atoms with Gasteiger partial charge in [0, 0.05) is 14.7 Å². The number of anilines is 1. The first-order chi connectivity index (χ1) is 10.9. The van der Waals surface area contributed by atoms with E-state index in [4.69, 9.17) is 14.2 Å². The van der Waals surface area contributed by atoms with Gasteiger partial charge in [-0.2, -0.15) is 5.10 Å². The number of rotatable bonds is 7. The Balaban J connectivity index is 2.16. The summed E-state index contributed by atoms with van der Waals surface area (Å²) >= 11 is 0. The van der Waals surface area contributed by atoms with Gasteiger partial charge < -0.3 is 19.5 Å². The number of carbonyl (C=O) groups is 1. The summed E-state index contributed by atoms with van der Waals surface area (Å²) in [7, 11) is 1.81. The van der Waals surface area contributed by atoms with E-state index in [1.807, 2.05) is 6.08 Å². The number of esters is 1. The van der Waals surface area contributed by atoms with Crippen LogP contribution in [0.1, 0.15) is 16.1 Å². The van der Waals surface area contributed by atoms with Gasteiger partial charge in [-0.1, -0.05) is 19.6 Å². The first-order valence-corrected chi connectivity index (χ1v) is 11.3. The molecule has 2 heterocycles. The summed E-state index contributed by atoms with van der Waals surface area (Å²) in [5, 5.41) is 7.55. The summed E-state index contributed by atoms with van der Waals surface area (Å²) in [4.78, 5) is 11.9. The van der Waals surface area contributed by atoms with Crippen LogP contribution in [-0.4, -0.2) is 51.2 Å². The molecule has 1 aliphatic rings. The fourth-order valence-corrected chi connectivity index (χ4v) is 2.94. The van der Waals surface area contributed by atoms with Crippen LogP contribution in [0.4, 0.5) is 5.82 Å². The molecule has 0 radical (unpaired) electrons. The van der Waals surface area contributed by atoms with Gasteiger partial charge in [0.1, 0.15) is 18.3 Å². The fourth-order valence-electron chi connectivity index (χ4n) is 2.18. The highest BCUT2D eigenvalue weighted by molar-refractivity contribution is 6.76. The molecule has 0 fully saturated rings. The Kier molecular flexibility index (Phi) is 5.48. The Hall–Kier alpha value is -1.80. The zero-order chi connectivity index (χ0) is 17.0. The molecule has 0 saturated carbocycles. The summed E-state index contributed by atoms with van der Waals surface area (Å²) in [6.07, 6.45) is 1.81. The Bertz CT molecular complexity index is 605. The molecule has 0 aromatic carbocycles. The molecule has 1 N–H and O–H groups in total. The minimum atomic E-state index is -1.13. The molecule has 8 heteroatoms. The van der Waals surface area contributed by atoms with Crippen molar-refractivity contribution in [3.8, 4) is 0 Å². The van der Waals surface area contributed by atoms with Gasteiger partial charge in [-0.3, -0.25) is 0 Å². The summed E-state index contributed by atoms with van der Waals surface area (Å²) in [5.74, 6) is 1.01. The minimum Gasteiger partial charge on any atom is -0.499 e. The number of hydrogen-bond donors (Lipinski definition) is 1. The number of fused-ring (bicyclic) bond motifs is 1. The van der Waals surface area contributed by atoms with Gasteiger partial charge in [0.05, 0.1) is 26.3 Å². The van der Waals surface area contributed by atoms with E-state index < -0.39 is 14.0 Å². The second-order valence-electron chi connectivity index (χ2n) is 6.62. The van der Waals surface area contributed by atoms with Crippen LogP contribution in [0.2, 0.25) is 25.7 Å². The second kappa shape index (κ2) is 7.18. The highest BCUT2D eigenvalue weighted by Crippen LogP contribution is 2.28. The van der Waals surface area contributed by atoms with E-state index in [0.717, 1.165) is 17.6 Å². The molecule has 1 aromatic rings. The van der Waals surface area contributed by atoms with Crippen molar-refractivity contribution < 1.29 is 19.0 Å². The second-order valence-corrected chi connectivity index (χ2v) is 12.2. The third-order valence-electron chi connectivity index (χ3n) is 3.58. The SMILES string of the molecule is COC(=O)c1nn(COCC[Si](C)(C)C)c2c1C=C(OC)CN2. The predicted octanol–water partition coefficient (Wildman–Crippen LogP) is 2.39. The van der Waals surface area contributed by atoms with Crippen molar-refractivity contribution in [1.82, 2.24) is 9.78 Å². The van der Waals surface area contributed by atoms with Crippen LogP contribution >= 0.6 is 0 Å². The predicted molar refractivity (Wildman–Crippen MR) is 91.1 cm³/mol. The summed E-state index contributed by atoms with van der Waals surface area (Å²) in [6, 6.07) is 1.08. The van der Waals surface area contributed by atoms with Crippen molar-refractivity contribution in [2.45, 2.75) is 32.4 Å². The van der Waals surface area contributed by atoms with Gasteiger partial charge in [-0.15, -0.1) is 0 Å². The Labute approximate surface area is 137 Å². The molecule has 0 amide bonds. The van der Waals surface area contributed by atoms with Crippen LogP contribution < -0.4 is 5.32 Å². The fraction of sp³-hybridized carbons (Fsp3) is 0.600. The lowest BCUT2D eigenvalue weighted by Gasteiger charge is -2.18. The van der Waals surface area contributed by atoms with Gasteiger partial charge in [0.15, 0.2) is 5.69 Å². The first kappa shape index (κ1) is 17.5. The number of ether oxygens (including phenoxy) is 3. The molecule has 0 spiro atoms. The normalized spacial score (nSPS) is 13.9. The highest BCUT2D eigenvalue weighted by Gasteiger charge is 2.25. The lowest BCUT2D eigenvalue weighted by molar-refractivity contribution is 0.0583. The third-order valence-corrected chi connectivity index (χ3v) is 5.28. The van der Waals surface area contributed by atoms with Crippen LogP contribution in [0, 0.1) is 0 Å². The monoisotopic (exact) mass is 339 g/mol. The first-order valence-electron chi connectivity index (χ1n) is 7.61. The van der Waals surface area contributed by atoms with Crippen molar-refractivity contribution in [2.75, 3.05) is 32.7 Å². The van der Waals surface area contributed by atoms with Gasteiger partial charge >= 0.3 is 5.97 Å². The molecular weight excluding hydrogens is 314 g/mol. The maximum absolute atomic E-state index is 11.9. The van der Waals surface area contributed by atoms with E-state index in [1.54, 1.807) is 11.8 Å². The van der Waals surface area contributed by atoms with Crippen LogP contribution in [0.3, 0.4) is 0 Å². The van der Waals surface area contributed by atoms with Crippen molar-refractivity contribution in [3.05, 3.63) is 17.0 Å². The number of hydrogen-bond acceptors (Lipinski definition) is 6. The Morgan fingerprint density at radius 2 is 2.13 bits per heavy atom. The number of aromatic nitrogens is 2. The van der Waals surface area contributed by atoms with Crippen LogP contribution in [0.15, 0.2) is 5.76 Å². The van der Waals surface area contributed by atoms with Crippen LogP contribution in [-0.2, 0) is 20.9 Å². The zero-order valence-electron chi connectivity index (χ0n) is 14.4. The summed E-state index contributed by atoms with van der Waals surface area (Å²) < 4.78 is 17.4. The molecule has 0 atom stereocenters. The number of methoxy groups -OCH3 is 2. The maximum atomic E-state index is 11.9. The molecule has 7 nitrogen and oxygen atoms in total. The lowest BCUT2D eigenvalue weighted by atomic mass is 10.1. The van der Waals surface area contributed by atoms with Gasteiger partial charge in [0.2, 0.25) is 0 Å². The van der Waals surface area contributed by atoms with E-state index in [9.17, 15) is 4.79 Å². The third kappa shape index (κ3) is 4.35. The highest BCUT2D eigenvalue weighted by atomic mass is 28.3. The topological polar surface area (TPSA) is 74.6 Å². The van der Waals surface area contributed by atoms with Gasteiger partial charge in [0.25, 0.3) is 0 Å². The van der Waals surface area contributed by atoms with Crippen molar-refractivity contribution >= 4 is 25.9 Å². The van der Waals surface area contributed by atoms with Crippen molar-refractivity contribution in [3.63, 3.8) is 0 Å². The Morgan fingerprint density at radius 1 is 1.39 bits per heavy atom. The van der Waals surface area contributed by atoms with Gasteiger partial charge in [-0.25, -0.2) is 9.48 Å². The summed E-state index contributed by atoms with van der Waals surface area (Å²) in [6.45, 7) is 8.45. The van der Waals surface area contributed by atoms with Crippen LogP contribution in [0.25, 0.3) is 6.08 Å². The maximum Gasteiger partial charge on any atom is 0.359 e. The minimum absolute atomic E-state index is 0.262. The molecule has 0 bridgehead atoms. The summed E-state index contributed by atoms with van der Waals surface area (Å²) in [5.41, 5.74) is 0.937. The molecule has 1 aliphatic heterocycles. The number of nitrogens with zero attached hydrogens (tertiary/aromatic N) is 2. The molecule has 0 saturated heterocycles. The van der Waals surface area contributed by atoms with E-state index in [-0.39, 0.29) is 5.69 Å². The standard InChI is InChI=1S/C15H25N3O4Si/c1-20-11-8-12-13(15(19)21-2)17-18(14(12)16-9-11)10-22-6-7-23(3,4)5/h8,16H,6-7,9-10H2,1-5H3.